The van der Waals surface area contributed by atoms with Gasteiger partial charge < -0.3 is 14.4 Å². The predicted molar refractivity (Wildman–Crippen MR) is 176 cm³/mol. The standard InChI is InChI=1S/C32H28ClN5O4S2/c1-20-6-9-28-34-29(36-12-10-35(11-13-36)17-21-7-8-25-26(14-21)42-19-41-25)23(30(39)37(28)16-20)15-27-31(40)38(32(43)44-27)18-22-4-2-3-5-24(22)33/h2-9,14-16H,10-13,17-19H2,1H3. The Bertz CT molecular complexity index is 1900. The second kappa shape index (κ2) is 11.9. The van der Waals surface area contributed by atoms with Crippen LogP contribution in [0, 0.1) is 6.92 Å². The van der Waals surface area contributed by atoms with Crippen LogP contribution in [0.5, 0.6) is 11.5 Å². The smallest absolute Gasteiger partial charge is 0.267 e. The van der Waals surface area contributed by atoms with Gasteiger partial charge in [0.05, 0.1) is 17.0 Å². The van der Waals surface area contributed by atoms with Gasteiger partial charge in [-0.05, 0) is 54.0 Å². The van der Waals surface area contributed by atoms with E-state index in [1.807, 2.05) is 49.4 Å². The first-order valence-electron chi connectivity index (χ1n) is 14.2. The van der Waals surface area contributed by atoms with Crippen molar-refractivity contribution >= 4 is 63.3 Å². The molecule has 0 aliphatic carbocycles. The van der Waals surface area contributed by atoms with Crippen LogP contribution >= 0.6 is 35.6 Å². The SMILES string of the molecule is Cc1ccc2nc(N3CCN(Cc4ccc5c(c4)OCO5)CC3)c(C=C3SC(=S)N(Cc4ccccc4Cl)C3=O)c(=O)n2c1. The first kappa shape index (κ1) is 28.8. The number of carbonyl (C=O) groups is 1. The number of nitrogens with zero attached hydrogens (tertiary/aromatic N) is 5. The van der Waals surface area contributed by atoms with Gasteiger partial charge in [-0.25, -0.2) is 4.98 Å². The Labute approximate surface area is 268 Å². The number of rotatable bonds is 6. The van der Waals surface area contributed by atoms with Crippen molar-refractivity contribution in [1.82, 2.24) is 19.2 Å². The highest BCUT2D eigenvalue weighted by Crippen LogP contribution is 2.36. The lowest BCUT2D eigenvalue weighted by atomic mass is 10.1. The van der Waals surface area contributed by atoms with E-state index in [2.05, 4.69) is 15.9 Å². The number of pyridine rings is 1. The zero-order valence-corrected chi connectivity index (χ0v) is 26.3. The number of thioether (sulfide) groups is 1. The number of hydrogen-bond acceptors (Lipinski definition) is 9. The second-order valence-electron chi connectivity index (χ2n) is 10.9. The molecule has 224 valence electrons. The Morgan fingerprint density at radius 2 is 1.80 bits per heavy atom. The van der Waals surface area contributed by atoms with Gasteiger partial charge in [0, 0.05) is 43.9 Å². The van der Waals surface area contributed by atoms with Gasteiger partial charge in [-0.2, -0.15) is 0 Å². The van der Waals surface area contributed by atoms with E-state index in [1.165, 1.54) is 16.7 Å². The fourth-order valence-corrected chi connectivity index (χ4v) is 7.03. The van der Waals surface area contributed by atoms with Crippen LogP contribution in [0.4, 0.5) is 5.82 Å². The summed E-state index contributed by atoms with van der Waals surface area (Å²) in [4.78, 5) is 38.9. The van der Waals surface area contributed by atoms with Gasteiger partial charge in [-0.3, -0.25) is 23.8 Å². The highest BCUT2D eigenvalue weighted by molar-refractivity contribution is 8.26. The molecular formula is C32H28ClN5O4S2. The Morgan fingerprint density at radius 1 is 1.00 bits per heavy atom. The number of hydrogen-bond donors (Lipinski definition) is 0. The minimum absolute atomic E-state index is 0.229. The van der Waals surface area contributed by atoms with Gasteiger partial charge in [-0.1, -0.05) is 65.9 Å². The third-order valence-corrected chi connectivity index (χ3v) is 9.68. The quantitative estimate of drug-likeness (QED) is 0.210. The van der Waals surface area contributed by atoms with Crippen LogP contribution in [0.1, 0.15) is 22.3 Å². The van der Waals surface area contributed by atoms with Gasteiger partial charge >= 0.3 is 0 Å². The lowest BCUT2D eigenvalue weighted by molar-refractivity contribution is -0.122. The highest BCUT2D eigenvalue weighted by Gasteiger charge is 2.33. The molecule has 12 heteroatoms. The Hall–Kier alpha value is -3.90. The summed E-state index contributed by atoms with van der Waals surface area (Å²) in [5.41, 5.74) is 3.59. The molecule has 0 saturated carbocycles. The molecule has 2 saturated heterocycles. The van der Waals surface area contributed by atoms with E-state index in [-0.39, 0.29) is 24.8 Å². The van der Waals surface area contributed by atoms with Crippen LogP contribution in [0.25, 0.3) is 11.7 Å². The topological polar surface area (TPSA) is 79.6 Å². The molecule has 7 rings (SSSR count). The van der Waals surface area contributed by atoms with E-state index in [9.17, 15) is 9.59 Å². The van der Waals surface area contributed by atoms with E-state index in [0.29, 0.717) is 44.4 Å². The zero-order valence-electron chi connectivity index (χ0n) is 23.9. The van der Waals surface area contributed by atoms with E-state index in [4.69, 9.17) is 38.3 Å². The van der Waals surface area contributed by atoms with Crippen molar-refractivity contribution in [3.8, 4) is 11.5 Å². The normalized spacial score (nSPS) is 17.8. The minimum Gasteiger partial charge on any atom is -0.454 e. The summed E-state index contributed by atoms with van der Waals surface area (Å²) in [6.07, 6.45) is 3.43. The fraction of sp³-hybridized carbons (Fsp3) is 0.250. The molecule has 0 radical (unpaired) electrons. The molecule has 2 fully saturated rings. The summed E-state index contributed by atoms with van der Waals surface area (Å²) in [5, 5.41) is 0.567. The van der Waals surface area contributed by atoms with E-state index < -0.39 is 0 Å². The molecule has 5 heterocycles. The van der Waals surface area contributed by atoms with Crippen molar-refractivity contribution in [2.75, 3.05) is 37.9 Å². The van der Waals surface area contributed by atoms with Crippen LogP contribution in [0.2, 0.25) is 5.02 Å². The molecule has 3 aliphatic heterocycles. The summed E-state index contributed by atoms with van der Waals surface area (Å²) in [6.45, 7) is 6.13. The molecule has 44 heavy (non-hydrogen) atoms. The molecule has 0 spiro atoms. The van der Waals surface area contributed by atoms with Gasteiger partial charge in [0.1, 0.15) is 15.8 Å². The highest BCUT2D eigenvalue weighted by atomic mass is 35.5. The monoisotopic (exact) mass is 645 g/mol. The lowest BCUT2D eigenvalue weighted by Gasteiger charge is -2.36. The van der Waals surface area contributed by atoms with Crippen LogP contribution in [0.15, 0.2) is 70.5 Å². The summed E-state index contributed by atoms with van der Waals surface area (Å²) in [6, 6.07) is 17.2. The first-order chi connectivity index (χ1) is 21.3. The maximum atomic E-state index is 14.0. The van der Waals surface area contributed by atoms with E-state index in [1.54, 1.807) is 22.7 Å². The average molecular weight is 646 g/mol. The van der Waals surface area contributed by atoms with Crippen LogP contribution in [-0.2, 0) is 17.9 Å². The second-order valence-corrected chi connectivity index (χ2v) is 13.0. The molecular weight excluding hydrogens is 618 g/mol. The Kier molecular flexibility index (Phi) is 7.79. The number of ether oxygens (including phenoxy) is 2. The van der Waals surface area contributed by atoms with Gasteiger partial charge in [0.2, 0.25) is 6.79 Å². The van der Waals surface area contributed by atoms with Crippen LogP contribution < -0.4 is 19.9 Å². The average Bonchev–Trinajstić information content (AvgIpc) is 3.59. The molecule has 0 N–H and O–H groups in total. The summed E-state index contributed by atoms with van der Waals surface area (Å²) >= 11 is 13.1. The number of aromatic nitrogens is 2. The van der Waals surface area contributed by atoms with Crippen LogP contribution in [0.3, 0.4) is 0 Å². The van der Waals surface area contributed by atoms with Crippen molar-refractivity contribution < 1.29 is 14.3 Å². The number of halogens is 1. The molecule has 1 amide bonds. The number of carbonyl (C=O) groups excluding carboxylic acids is 1. The van der Waals surface area contributed by atoms with Gasteiger partial charge in [0.15, 0.2) is 11.5 Å². The largest absolute Gasteiger partial charge is 0.454 e. The number of thiocarbonyl (C=S) groups is 1. The number of anilines is 1. The number of fused-ring (bicyclic) bond motifs is 2. The molecule has 2 aromatic heterocycles. The number of amides is 1. The summed E-state index contributed by atoms with van der Waals surface area (Å²) < 4.78 is 13.0. The van der Waals surface area contributed by atoms with Gasteiger partial charge in [-0.15, -0.1) is 0 Å². The van der Waals surface area contributed by atoms with Crippen LogP contribution in [-0.4, -0.2) is 62.4 Å². The third kappa shape index (κ3) is 5.56. The first-order valence-corrected chi connectivity index (χ1v) is 15.8. The molecule has 3 aliphatic rings. The molecule has 0 atom stereocenters. The fourth-order valence-electron chi connectivity index (χ4n) is 5.59. The maximum Gasteiger partial charge on any atom is 0.267 e. The van der Waals surface area contributed by atoms with Crippen molar-refractivity contribution in [3.05, 3.63) is 103 Å². The lowest BCUT2D eigenvalue weighted by Crippen LogP contribution is -2.47. The molecule has 0 bridgehead atoms. The maximum absolute atomic E-state index is 14.0. The van der Waals surface area contributed by atoms with Crippen molar-refractivity contribution in [1.29, 1.82) is 0 Å². The van der Waals surface area contributed by atoms with Crippen molar-refractivity contribution in [3.63, 3.8) is 0 Å². The summed E-state index contributed by atoms with van der Waals surface area (Å²) in [5.74, 6) is 1.86. The minimum atomic E-state index is -0.256. The van der Waals surface area contributed by atoms with E-state index >= 15 is 0 Å². The Morgan fingerprint density at radius 3 is 2.61 bits per heavy atom. The number of aryl methyl sites for hydroxylation is 1. The zero-order chi connectivity index (χ0) is 30.4. The Balaban J connectivity index is 1.17. The molecule has 0 unspecified atom stereocenters. The van der Waals surface area contributed by atoms with Gasteiger partial charge in [0.25, 0.3) is 11.5 Å². The van der Waals surface area contributed by atoms with E-state index in [0.717, 1.165) is 47.8 Å². The number of benzene rings is 2. The third-order valence-electron chi connectivity index (χ3n) is 7.94. The molecule has 4 aromatic rings. The summed E-state index contributed by atoms with van der Waals surface area (Å²) in [7, 11) is 0. The van der Waals surface area contributed by atoms with Crippen molar-refractivity contribution in [2.24, 2.45) is 0 Å². The molecule has 9 nitrogen and oxygen atoms in total. The number of piperazine rings is 1. The molecule has 2 aromatic carbocycles. The predicted octanol–water partition coefficient (Wildman–Crippen LogP) is 5.11. The van der Waals surface area contributed by atoms with Crippen molar-refractivity contribution in [2.45, 2.75) is 20.0 Å².